The summed E-state index contributed by atoms with van der Waals surface area (Å²) in [5.74, 6) is -3.43. The lowest BCUT2D eigenvalue weighted by Crippen LogP contribution is -2.49. The van der Waals surface area contributed by atoms with Crippen molar-refractivity contribution in [3.05, 3.63) is 65.7 Å². The van der Waals surface area contributed by atoms with E-state index in [-0.39, 0.29) is 18.5 Å². The Kier molecular flexibility index (Phi) is 4.76. The maximum atomic E-state index is 14.8. The number of carbonyl (C=O) groups is 1. The number of hydrogen-bond donors (Lipinski definition) is 0. The van der Waals surface area contributed by atoms with Crippen molar-refractivity contribution in [1.82, 2.24) is 24.5 Å². The second-order valence-corrected chi connectivity index (χ2v) is 8.10. The Morgan fingerprint density at radius 1 is 1.22 bits per heavy atom. The smallest absolute Gasteiger partial charge is 0.266 e. The molecule has 0 saturated carbocycles. The number of carbonyl (C=O) groups excluding carboxylic acids is 1. The molecule has 1 fully saturated rings. The zero-order valence-corrected chi connectivity index (χ0v) is 17.6. The number of rotatable bonds is 3. The van der Waals surface area contributed by atoms with E-state index in [1.807, 2.05) is 24.3 Å². The van der Waals surface area contributed by atoms with Crippen LogP contribution in [0.2, 0.25) is 0 Å². The van der Waals surface area contributed by atoms with E-state index in [0.717, 1.165) is 10.8 Å². The standard InChI is InChI=1S/C23H21F2N5O2/c1-14-9-19(30-22(28-14)26-13-27-30)16-10-23(24,25)12-29(11-16)21(31)18-8-7-15-5-3-4-6-17(15)20(18)32-2/h3-9,13,16H,10-12H2,1-2H3. The van der Waals surface area contributed by atoms with E-state index in [1.54, 1.807) is 25.1 Å². The van der Waals surface area contributed by atoms with Gasteiger partial charge in [0.1, 0.15) is 12.1 Å². The number of fused-ring (bicyclic) bond motifs is 2. The van der Waals surface area contributed by atoms with Crippen molar-refractivity contribution in [3.63, 3.8) is 0 Å². The molecule has 0 N–H and O–H groups in total. The molecule has 1 amide bonds. The van der Waals surface area contributed by atoms with Gasteiger partial charge in [0.2, 0.25) is 0 Å². The summed E-state index contributed by atoms with van der Waals surface area (Å²) in [7, 11) is 1.48. The van der Waals surface area contributed by atoms with Crippen molar-refractivity contribution in [2.45, 2.75) is 25.2 Å². The Labute approximate surface area is 182 Å². The van der Waals surface area contributed by atoms with Crippen LogP contribution in [0.3, 0.4) is 0 Å². The fourth-order valence-electron chi connectivity index (χ4n) is 4.50. The summed E-state index contributed by atoms with van der Waals surface area (Å²) in [6.07, 6.45) is 0.957. The fraction of sp³-hybridized carbons (Fsp3) is 0.304. The number of halogens is 2. The summed E-state index contributed by atoms with van der Waals surface area (Å²) in [6, 6.07) is 12.7. The molecule has 1 aliphatic rings. The van der Waals surface area contributed by atoms with Gasteiger partial charge in [0.25, 0.3) is 17.6 Å². The number of alkyl halides is 2. The second kappa shape index (κ2) is 7.51. The van der Waals surface area contributed by atoms with Gasteiger partial charge in [0.05, 0.1) is 24.9 Å². The Hall–Kier alpha value is -3.62. The van der Waals surface area contributed by atoms with Crippen LogP contribution in [-0.4, -0.2) is 56.5 Å². The number of amides is 1. The molecule has 7 nitrogen and oxygen atoms in total. The first-order chi connectivity index (χ1) is 15.4. The molecule has 1 aliphatic heterocycles. The number of nitrogens with zero attached hydrogens (tertiary/aromatic N) is 5. The number of aryl methyl sites for hydroxylation is 1. The zero-order valence-electron chi connectivity index (χ0n) is 17.6. The molecule has 4 aromatic rings. The Morgan fingerprint density at radius 3 is 2.84 bits per heavy atom. The minimum absolute atomic E-state index is 0.128. The van der Waals surface area contributed by atoms with Crippen molar-refractivity contribution in [2.24, 2.45) is 0 Å². The highest BCUT2D eigenvalue weighted by Gasteiger charge is 2.44. The van der Waals surface area contributed by atoms with Crippen LogP contribution >= 0.6 is 0 Å². The first-order valence-corrected chi connectivity index (χ1v) is 10.3. The third-order valence-electron chi connectivity index (χ3n) is 5.84. The fourth-order valence-corrected chi connectivity index (χ4v) is 4.50. The first-order valence-electron chi connectivity index (χ1n) is 10.3. The van der Waals surface area contributed by atoms with Crippen LogP contribution in [0.15, 0.2) is 48.8 Å². The normalized spacial score (nSPS) is 18.2. The van der Waals surface area contributed by atoms with Gasteiger partial charge in [0.15, 0.2) is 0 Å². The first kappa shape index (κ1) is 20.3. The lowest BCUT2D eigenvalue weighted by Gasteiger charge is -2.38. The molecule has 1 atom stereocenters. The van der Waals surface area contributed by atoms with Crippen LogP contribution in [0.5, 0.6) is 5.75 Å². The highest BCUT2D eigenvalue weighted by atomic mass is 19.3. The van der Waals surface area contributed by atoms with Gasteiger partial charge in [-0.15, -0.1) is 0 Å². The van der Waals surface area contributed by atoms with E-state index in [4.69, 9.17) is 4.74 Å². The molecule has 32 heavy (non-hydrogen) atoms. The highest BCUT2D eigenvalue weighted by Crippen LogP contribution is 2.38. The summed E-state index contributed by atoms with van der Waals surface area (Å²) in [5.41, 5.74) is 1.48. The Bertz CT molecular complexity index is 1340. The van der Waals surface area contributed by atoms with Gasteiger partial charge in [-0.3, -0.25) is 4.79 Å². The minimum atomic E-state index is -3.05. The number of ether oxygens (including phenoxy) is 1. The van der Waals surface area contributed by atoms with Crippen LogP contribution in [0.1, 0.15) is 34.1 Å². The molecule has 2 aromatic carbocycles. The van der Waals surface area contributed by atoms with Gasteiger partial charge in [-0.1, -0.05) is 30.3 Å². The molecule has 1 unspecified atom stereocenters. The van der Waals surface area contributed by atoms with Crippen LogP contribution in [-0.2, 0) is 0 Å². The molecule has 0 bridgehead atoms. The molecule has 3 heterocycles. The van der Waals surface area contributed by atoms with Crippen LogP contribution < -0.4 is 4.74 Å². The van der Waals surface area contributed by atoms with E-state index in [0.29, 0.717) is 22.9 Å². The van der Waals surface area contributed by atoms with Crippen LogP contribution in [0.25, 0.3) is 16.6 Å². The van der Waals surface area contributed by atoms with Crippen molar-refractivity contribution >= 4 is 22.5 Å². The van der Waals surface area contributed by atoms with Gasteiger partial charge in [0, 0.05) is 30.0 Å². The van der Waals surface area contributed by atoms with Crippen LogP contribution in [0.4, 0.5) is 8.78 Å². The molecule has 164 valence electrons. The highest BCUT2D eigenvalue weighted by molar-refractivity contribution is 6.04. The van der Waals surface area contributed by atoms with Gasteiger partial charge in [-0.05, 0) is 24.4 Å². The summed E-state index contributed by atoms with van der Waals surface area (Å²) >= 11 is 0. The number of likely N-dealkylation sites (tertiary alicyclic amines) is 1. The quantitative estimate of drug-likeness (QED) is 0.487. The topological polar surface area (TPSA) is 72.6 Å². The summed E-state index contributed by atoms with van der Waals surface area (Å²) in [5, 5.41) is 5.81. The zero-order chi connectivity index (χ0) is 22.5. The molecule has 2 aromatic heterocycles. The Balaban J connectivity index is 1.54. The lowest BCUT2D eigenvalue weighted by atomic mass is 9.91. The van der Waals surface area contributed by atoms with Crippen molar-refractivity contribution < 1.29 is 18.3 Å². The minimum Gasteiger partial charge on any atom is -0.495 e. The molecule has 0 spiro atoms. The molecular formula is C23H21F2N5O2. The van der Waals surface area contributed by atoms with Gasteiger partial charge in [-0.2, -0.15) is 10.1 Å². The molecule has 1 saturated heterocycles. The van der Waals surface area contributed by atoms with E-state index >= 15 is 0 Å². The van der Waals surface area contributed by atoms with E-state index in [9.17, 15) is 13.6 Å². The van der Waals surface area contributed by atoms with Crippen molar-refractivity contribution in [2.75, 3.05) is 20.2 Å². The average Bonchev–Trinajstić information content (AvgIpc) is 3.24. The molecule has 0 radical (unpaired) electrons. The monoisotopic (exact) mass is 437 g/mol. The molecule has 0 aliphatic carbocycles. The van der Waals surface area contributed by atoms with E-state index in [1.165, 1.54) is 22.9 Å². The largest absolute Gasteiger partial charge is 0.495 e. The maximum absolute atomic E-state index is 14.8. The molecule has 9 heteroatoms. The lowest BCUT2D eigenvalue weighted by molar-refractivity contribution is -0.0641. The predicted molar refractivity (Wildman–Crippen MR) is 114 cm³/mol. The number of aromatic nitrogens is 4. The summed E-state index contributed by atoms with van der Waals surface area (Å²) < 4.78 is 36.7. The molecule has 5 rings (SSSR count). The number of methoxy groups -OCH3 is 1. The second-order valence-electron chi connectivity index (χ2n) is 8.10. The van der Waals surface area contributed by atoms with Gasteiger partial charge in [-0.25, -0.2) is 18.3 Å². The summed E-state index contributed by atoms with van der Waals surface area (Å²) in [6.45, 7) is 1.26. The van der Waals surface area contributed by atoms with E-state index < -0.39 is 24.3 Å². The van der Waals surface area contributed by atoms with Gasteiger partial charge < -0.3 is 9.64 Å². The number of hydrogen-bond acceptors (Lipinski definition) is 5. The SMILES string of the molecule is COc1c(C(=O)N2CC(c3cc(C)nc4ncnn34)CC(F)(F)C2)ccc2ccccc12. The van der Waals surface area contributed by atoms with E-state index in [2.05, 4.69) is 15.1 Å². The number of benzene rings is 2. The third kappa shape index (κ3) is 3.43. The summed E-state index contributed by atoms with van der Waals surface area (Å²) in [4.78, 5) is 23.0. The van der Waals surface area contributed by atoms with Crippen LogP contribution in [0, 0.1) is 6.92 Å². The van der Waals surface area contributed by atoms with Gasteiger partial charge >= 0.3 is 0 Å². The van der Waals surface area contributed by atoms with Crippen molar-refractivity contribution in [3.8, 4) is 5.75 Å². The number of piperidine rings is 1. The maximum Gasteiger partial charge on any atom is 0.266 e. The molecular weight excluding hydrogens is 416 g/mol. The van der Waals surface area contributed by atoms with Crippen molar-refractivity contribution in [1.29, 1.82) is 0 Å². The predicted octanol–water partition coefficient (Wildman–Crippen LogP) is 3.86. The average molecular weight is 437 g/mol. The Morgan fingerprint density at radius 2 is 2.03 bits per heavy atom. The third-order valence-corrected chi connectivity index (χ3v) is 5.84.